The van der Waals surface area contributed by atoms with Crippen LogP contribution in [-0.4, -0.2) is 22.3 Å². The average molecular weight is 330 g/mol. The molecular weight excluding hydrogens is 312 g/mol. The van der Waals surface area contributed by atoms with Gasteiger partial charge in [-0.2, -0.15) is 10.2 Å². The van der Waals surface area contributed by atoms with E-state index >= 15 is 0 Å². The van der Waals surface area contributed by atoms with Crippen LogP contribution >= 0.6 is 0 Å². The molecule has 5 nitrogen and oxygen atoms in total. The number of allylic oxidation sites excluding steroid dienone is 1. The lowest BCUT2D eigenvalue weighted by Gasteiger charge is -1.97. The fourth-order valence-corrected chi connectivity index (χ4v) is 2.30. The second kappa shape index (κ2) is 7.88. The number of hydrogen-bond acceptors (Lipinski definition) is 3. The fourth-order valence-electron chi connectivity index (χ4n) is 2.30. The predicted molar refractivity (Wildman–Crippen MR) is 100 cm³/mol. The van der Waals surface area contributed by atoms with E-state index in [0.717, 1.165) is 22.4 Å². The Morgan fingerprint density at radius 3 is 2.48 bits per heavy atom. The topological polar surface area (TPSA) is 70.1 Å². The Kier molecular flexibility index (Phi) is 5.16. The fraction of sp³-hybridized carbons (Fsp3) is 0.0500. The Morgan fingerprint density at radius 2 is 1.76 bits per heavy atom. The van der Waals surface area contributed by atoms with E-state index in [0.29, 0.717) is 5.69 Å². The number of carbonyl (C=O) groups excluding carboxylic acids is 1. The molecule has 0 unspecified atom stereocenters. The summed E-state index contributed by atoms with van der Waals surface area (Å²) in [7, 11) is 0. The molecule has 0 atom stereocenters. The zero-order chi connectivity index (χ0) is 17.5. The highest BCUT2D eigenvalue weighted by Crippen LogP contribution is 2.16. The number of nitrogens with one attached hydrogen (secondary N) is 2. The molecule has 1 amide bonds. The minimum absolute atomic E-state index is 0.335. The summed E-state index contributed by atoms with van der Waals surface area (Å²) in [5.74, 6) is -0.335. The van der Waals surface area contributed by atoms with Crippen molar-refractivity contribution < 1.29 is 4.79 Å². The molecule has 0 spiro atoms. The van der Waals surface area contributed by atoms with Crippen LogP contribution in [0.2, 0.25) is 0 Å². The van der Waals surface area contributed by atoms with Crippen molar-refractivity contribution in [1.29, 1.82) is 0 Å². The van der Waals surface area contributed by atoms with Gasteiger partial charge in [0.25, 0.3) is 5.91 Å². The summed E-state index contributed by atoms with van der Waals surface area (Å²) in [5, 5.41) is 10.9. The number of benzene rings is 2. The molecular formula is C20H18N4O. The normalized spacial score (nSPS) is 11.6. The number of aromatic nitrogens is 2. The minimum Gasteiger partial charge on any atom is -0.272 e. The molecule has 5 heteroatoms. The first-order valence-electron chi connectivity index (χ1n) is 7.90. The zero-order valence-electron chi connectivity index (χ0n) is 13.8. The first kappa shape index (κ1) is 16.4. The van der Waals surface area contributed by atoms with Crippen LogP contribution in [-0.2, 0) is 0 Å². The molecule has 0 bridgehead atoms. The molecule has 3 aromatic rings. The first-order chi connectivity index (χ1) is 12.2. The largest absolute Gasteiger partial charge is 0.289 e. The maximum Gasteiger partial charge on any atom is 0.289 e. The van der Waals surface area contributed by atoms with Gasteiger partial charge in [-0.05, 0) is 24.1 Å². The monoisotopic (exact) mass is 330 g/mol. The molecule has 0 fully saturated rings. The van der Waals surface area contributed by atoms with Gasteiger partial charge in [-0.25, -0.2) is 5.43 Å². The van der Waals surface area contributed by atoms with Crippen LogP contribution in [0.5, 0.6) is 0 Å². The number of nitrogens with zero attached hydrogens (tertiary/aromatic N) is 2. The highest BCUT2D eigenvalue weighted by atomic mass is 16.2. The lowest BCUT2D eigenvalue weighted by atomic mass is 10.1. The SMILES string of the molecule is CC(=C/c1ccccc1)/C=N/NC(=O)c1cc(-c2ccccc2)n[nH]1. The standard InChI is InChI=1S/C20H18N4O/c1-15(12-16-8-4-2-5-9-16)14-21-24-20(25)19-13-18(22-23-19)17-10-6-3-7-11-17/h2-14H,1H3,(H,22,23)(H,24,25)/b15-12-,21-14+. The molecule has 0 radical (unpaired) electrons. The molecule has 2 N–H and O–H groups in total. The summed E-state index contributed by atoms with van der Waals surface area (Å²) in [6.07, 6.45) is 3.60. The van der Waals surface area contributed by atoms with Crippen molar-refractivity contribution in [3.8, 4) is 11.3 Å². The molecule has 0 aliphatic carbocycles. The number of aromatic amines is 1. The van der Waals surface area contributed by atoms with E-state index in [9.17, 15) is 4.79 Å². The Morgan fingerprint density at radius 1 is 1.08 bits per heavy atom. The molecule has 0 aliphatic heterocycles. The van der Waals surface area contributed by atoms with Gasteiger partial charge in [-0.3, -0.25) is 9.89 Å². The maximum atomic E-state index is 12.1. The lowest BCUT2D eigenvalue weighted by molar-refractivity contribution is 0.0950. The van der Waals surface area contributed by atoms with E-state index in [-0.39, 0.29) is 5.91 Å². The van der Waals surface area contributed by atoms with Crippen LogP contribution in [0.1, 0.15) is 23.0 Å². The number of H-pyrrole nitrogens is 1. The molecule has 2 aromatic carbocycles. The summed E-state index contributed by atoms with van der Waals surface area (Å²) in [5.41, 5.74) is 6.54. The van der Waals surface area contributed by atoms with E-state index in [1.807, 2.05) is 73.7 Å². The van der Waals surface area contributed by atoms with Crippen LogP contribution in [0.3, 0.4) is 0 Å². The molecule has 0 aliphatic rings. The van der Waals surface area contributed by atoms with E-state index < -0.39 is 0 Å². The number of hydrazone groups is 1. The number of carbonyl (C=O) groups is 1. The van der Waals surface area contributed by atoms with E-state index in [1.54, 1.807) is 12.3 Å². The molecule has 3 rings (SSSR count). The van der Waals surface area contributed by atoms with E-state index in [4.69, 9.17) is 0 Å². The first-order valence-corrected chi connectivity index (χ1v) is 7.90. The Balaban J connectivity index is 1.61. The van der Waals surface area contributed by atoms with Gasteiger partial charge in [0.2, 0.25) is 0 Å². The van der Waals surface area contributed by atoms with Crippen molar-refractivity contribution >= 4 is 18.2 Å². The zero-order valence-corrected chi connectivity index (χ0v) is 13.8. The van der Waals surface area contributed by atoms with Crippen molar-refractivity contribution in [2.24, 2.45) is 5.10 Å². The molecule has 25 heavy (non-hydrogen) atoms. The molecule has 124 valence electrons. The quantitative estimate of drug-likeness (QED) is 0.550. The summed E-state index contributed by atoms with van der Waals surface area (Å²) in [6, 6.07) is 21.3. The number of hydrogen-bond donors (Lipinski definition) is 2. The number of rotatable bonds is 5. The Bertz CT molecular complexity index is 896. The molecule has 0 saturated heterocycles. The third-order valence-corrected chi connectivity index (χ3v) is 3.52. The van der Waals surface area contributed by atoms with Crippen molar-refractivity contribution in [1.82, 2.24) is 15.6 Å². The van der Waals surface area contributed by atoms with Gasteiger partial charge in [-0.1, -0.05) is 66.7 Å². The van der Waals surface area contributed by atoms with Gasteiger partial charge in [0, 0.05) is 5.56 Å². The van der Waals surface area contributed by atoms with Crippen LogP contribution < -0.4 is 5.43 Å². The van der Waals surface area contributed by atoms with Crippen LogP contribution in [0.25, 0.3) is 17.3 Å². The van der Waals surface area contributed by atoms with Crippen LogP contribution in [0.15, 0.2) is 77.4 Å². The Labute approximate surface area is 146 Å². The summed E-state index contributed by atoms with van der Waals surface area (Å²) >= 11 is 0. The second-order valence-corrected chi connectivity index (χ2v) is 5.53. The molecule has 0 saturated carbocycles. The van der Waals surface area contributed by atoms with E-state index in [2.05, 4.69) is 20.7 Å². The molecule has 1 heterocycles. The van der Waals surface area contributed by atoms with Crippen molar-refractivity contribution in [3.05, 3.63) is 83.6 Å². The van der Waals surface area contributed by atoms with Crippen LogP contribution in [0, 0.1) is 0 Å². The number of amides is 1. The maximum absolute atomic E-state index is 12.1. The van der Waals surface area contributed by atoms with Gasteiger partial charge >= 0.3 is 0 Å². The second-order valence-electron chi connectivity index (χ2n) is 5.53. The van der Waals surface area contributed by atoms with Gasteiger partial charge < -0.3 is 0 Å². The van der Waals surface area contributed by atoms with E-state index in [1.165, 1.54) is 0 Å². The van der Waals surface area contributed by atoms with Gasteiger partial charge in [-0.15, -0.1) is 0 Å². The minimum atomic E-state index is -0.335. The van der Waals surface area contributed by atoms with Crippen molar-refractivity contribution in [2.45, 2.75) is 6.92 Å². The highest BCUT2D eigenvalue weighted by molar-refractivity contribution is 5.94. The van der Waals surface area contributed by atoms with Crippen LogP contribution in [0.4, 0.5) is 0 Å². The summed E-state index contributed by atoms with van der Waals surface area (Å²) < 4.78 is 0. The lowest BCUT2D eigenvalue weighted by Crippen LogP contribution is -2.17. The van der Waals surface area contributed by atoms with Gasteiger partial charge in [0.15, 0.2) is 0 Å². The average Bonchev–Trinajstić information content (AvgIpc) is 3.13. The van der Waals surface area contributed by atoms with Gasteiger partial charge in [0.1, 0.15) is 5.69 Å². The summed E-state index contributed by atoms with van der Waals surface area (Å²) in [4.78, 5) is 12.1. The van der Waals surface area contributed by atoms with Gasteiger partial charge in [0.05, 0.1) is 11.9 Å². The smallest absolute Gasteiger partial charge is 0.272 e. The van der Waals surface area contributed by atoms with Crippen molar-refractivity contribution in [2.75, 3.05) is 0 Å². The van der Waals surface area contributed by atoms with Crippen molar-refractivity contribution in [3.63, 3.8) is 0 Å². The third-order valence-electron chi connectivity index (χ3n) is 3.52. The third kappa shape index (κ3) is 4.51. The highest BCUT2D eigenvalue weighted by Gasteiger charge is 2.09. The summed E-state index contributed by atoms with van der Waals surface area (Å²) in [6.45, 7) is 1.92. The predicted octanol–water partition coefficient (Wildman–Crippen LogP) is 3.90. The molecule has 1 aromatic heterocycles. The Hall–Kier alpha value is -3.47.